The minimum Gasteiger partial charge on any atom is -0.348 e. The Morgan fingerprint density at radius 2 is 1.61 bits per heavy atom. The van der Waals surface area contributed by atoms with Gasteiger partial charge in [-0.3, -0.25) is 9.59 Å². The normalized spacial score (nSPS) is 10.6. The zero-order chi connectivity index (χ0) is 17.1. The molecule has 0 unspecified atom stereocenters. The number of amides is 2. The molecular weight excluding hydrogens is 314 g/mol. The van der Waals surface area contributed by atoms with Crippen molar-refractivity contribution in [2.75, 3.05) is 31.5 Å². The number of hydrogen-bond acceptors (Lipinski definition) is 3. The molecule has 6 heteroatoms. The zero-order valence-electron chi connectivity index (χ0n) is 13.9. The maximum atomic E-state index is 11.8. The minimum absolute atomic E-state index is 0.497. The Hall–Kier alpha value is -1.59. The van der Waals surface area contributed by atoms with Crippen LogP contribution in [0, 0.1) is 0 Å². The number of halogens is 1. The summed E-state index contributed by atoms with van der Waals surface area (Å²) in [5.41, 5.74) is 0.548. The van der Waals surface area contributed by atoms with Gasteiger partial charge in [-0.1, -0.05) is 25.4 Å². The van der Waals surface area contributed by atoms with Crippen molar-refractivity contribution < 1.29 is 9.59 Å². The van der Waals surface area contributed by atoms with Crippen LogP contribution in [-0.2, 0) is 9.59 Å². The van der Waals surface area contributed by atoms with Crippen molar-refractivity contribution >= 4 is 29.1 Å². The van der Waals surface area contributed by atoms with E-state index in [4.69, 9.17) is 11.6 Å². The first-order valence-electron chi connectivity index (χ1n) is 8.14. The van der Waals surface area contributed by atoms with Gasteiger partial charge < -0.3 is 15.5 Å². The van der Waals surface area contributed by atoms with Crippen LogP contribution in [-0.4, -0.2) is 42.9 Å². The molecule has 0 aliphatic carbocycles. The summed E-state index contributed by atoms with van der Waals surface area (Å²) < 4.78 is 0. The van der Waals surface area contributed by atoms with Gasteiger partial charge in [-0.25, -0.2) is 0 Å². The van der Waals surface area contributed by atoms with E-state index in [-0.39, 0.29) is 0 Å². The lowest BCUT2D eigenvalue weighted by Gasteiger charge is -2.20. The average molecular weight is 340 g/mol. The molecule has 1 aromatic carbocycles. The molecule has 2 N–H and O–H groups in total. The lowest BCUT2D eigenvalue weighted by Crippen LogP contribution is -2.37. The summed E-state index contributed by atoms with van der Waals surface area (Å²) >= 11 is 5.77. The Morgan fingerprint density at radius 1 is 1.00 bits per heavy atom. The van der Waals surface area contributed by atoms with Crippen LogP contribution in [0.3, 0.4) is 0 Å². The van der Waals surface area contributed by atoms with Crippen LogP contribution < -0.4 is 10.6 Å². The molecule has 0 aliphatic heterocycles. The van der Waals surface area contributed by atoms with Gasteiger partial charge in [-0.2, -0.15) is 0 Å². The molecule has 1 aromatic rings. The highest BCUT2D eigenvalue weighted by atomic mass is 35.5. The minimum atomic E-state index is -0.661. The number of benzene rings is 1. The van der Waals surface area contributed by atoms with Gasteiger partial charge in [-0.15, -0.1) is 0 Å². The molecule has 0 saturated carbocycles. The van der Waals surface area contributed by atoms with Crippen LogP contribution >= 0.6 is 11.6 Å². The number of hydrogen-bond donors (Lipinski definition) is 2. The molecule has 5 nitrogen and oxygen atoms in total. The Labute approximate surface area is 143 Å². The second kappa shape index (κ2) is 11.0. The monoisotopic (exact) mass is 339 g/mol. The number of nitrogens with one attached hydrogen (secondary N) is 2. The fourth-order valence-electron chi connectivity index (χ4n) is 2.27. The highest BCUT2D eigenvalue weighted by Gasteiger charge is 2.13. The summed E-state index contributed by atoms with van der Waals surface area (Å²) in [5, 5.41) is 5.77. The highest BCUT2D eigenvalue weighted by molar-refractivity contribution is 6.39. The molecule has 0 aliphatic rings. The fraction of sp³-hybridized carbons (Fsp3) is 0.529. The van der Waals surface area contributed by atoms with Crippen LogP contribution in [0.2, 0.25) is 5.02 Å². The SMILES string of the molecule is CCCN(CCC)CCCNC(=O)C(=O)Nc1ccc(Cl)cc1. The Kier molecular flexibility index (Phi) is 9.33. The molecule has 1 rings (SSSR count). The van der Waals surface area contributed by atoms with E-state index in [1.54, 1.807) is 24.3 Å². The quantitative estimate of drug-likeness (QED) is 0.537. The lowest BCUT2D eigenvalue weighted by atomic mass is 10.3. The Morgan fingerprint density at radius 3 is 2.17 bits per heavy atom. The van der Waals surface area contributed by atoms with Gasteiger partial charge >= 0.3 is 11.8 Å². The summed E-state index contributed by atoms with van der Waals surface area (Å²) in [6.45, 7) is 7.88. The molecule has 0 aromatic heterocycles. The highest BCUT2D eigenvalue weighted by Crippen LogP contribution is 2.13. The average Bonchev–Trinajstić information content (AvgIpc) is 2.53. The summed E-state index contributed by atoms with van der Waals surface area (Å²) in [5.74, 6) is -1.27. The van der Waals surface area contributed by atoms with Gasteiger partial charge in [-0.05, 0) is 63.2 Å². The van der Waals surface area contributed by atoms with Crippen molar-refractivity contribution in [1.29, 1.82) is 0 Å². The molecule has 0 saturated heterocycles. The van der Waals surface area contributed by atoms with Crippen molar-refractivity contribution in [2.45, 2.75) is 33.1 Å². The second-order valence-electron chi connectivity index (χ2n) is 5.41. The Balaban J connectivity index is 2.27. The number of anilines is 1. The van der Waals surface area contributed by atoms with E-state index in [2.05, 4.69) is 29.4 Å². The van der Waals surface area contributed by atoms with Crippen molar-refractivity contribution in [1.82, 2.24) is 10.2 Å². The first kappa shape index (κ1) is 19.5. The van der Waals surface area contributed by atoms with Crippen molar-refractivity contribution in [3.8, 4) is 0 Å². The van der Waals surface area contributed by atoms with Crippen LogP contribution in [0.4, 0.5) is 5.69 Å². The number of carbonyl (C=O) groups is 2. The van der Waals surface area contributed by atoms with Gasteiger partial charge in [0.1, 0.15) is 0 Å². The van der Waals surface area contributed by atoms with E-state index in [1.165, 1.54) is 0 Å². The summed E-state index contributed by atoms with van der Waals surface area (Å²) in [6.07, 6.45) is 3.08. The second-order valence-corrected chi connectivity index (χ2v) is 5.85. The largest absolute Gasteiger partial charge is 0.348 e. The van der Waals surface area contributed by atoms with E-state index < -0.39 is 11.8 Å². The van der Waals surface area contributed by atoms with Gasteiger partial charge in [0.2, 0.25) is 0 Å². The molecule has 23 heavy (non-hydrogen) atoms. The van der Waals surface area contributed by atoms with Gasteiger partial charge in [0.15, 0.2) is 0 Å². The van der Waals surface area contributed by atoms with Gasteiger partial charge in [0.25, 0.3) is 0 Å². The molecule has 0 bridgehead atoms. The van der Waals surface area contributed by atoms with Crippen LogP contribution in [0.1, 0.15) is 33.1 Å². The first-order chi connectivity index (χ1) is 11.1. The van der Waals surface area contributed by atoms with Gasteiger partial charge in [0, 0.05) is 17.3 Å². The van der Waals surface area contributed by atoms with Crippen molar-refractivity contribution in [3.63, 3.8) is 0 Å². The third-order valence-corrected chi connectivity index (χ3v) is 3.58. The first-order valence-corrected chi connectivity index (χ1v) is 8.51. The standard InChI is InChI=1S/C17H26ClN3O2/c1-3-11-21(12-4-2)13-5-10-19-16(22)17(23)20-15-8-6-14(18)7-9-15/h6-9H,3-5,10-13H2,1-2H3,(H,19,22)(H,20,23). The molecule has 128 valence electrons. The van der Waals surface area contributed by atoms with E-state index in [0.29, 0.717) is 17.3 Å². The molecular formula is C17H26ClN3O2. The molecule has 0 spiro atoms. The Bertz CT molecular complexity index is 485. The number of nitrogens with zero attached hydrogens (tertiary/aromatic N) is 1. The molecule has 0 heterocycles. The molecule has 0 atom stereocenters. The van der Waals surface area contributed by atoms with E-state index in [9.17, 15) is 9.59 Å². The zero-order valence-corrected chi connectivity index (χ0v) is 14.7. The fourth-order valence-corrected chi connectivity index (χ4v) is 2.40. The summed E-state index contributed by atoms with van der Waals surface area (Å²) in [6, 6.07) is 6.62. The van der Waals surface area contributed by atoms with Crippen molar-refractivity contribution in [3.05, 3.63) is 29.3 Å². The molecule has 0 fully saturated rings. The van der Waals surface area contributed by atoms with Gasteiger partial charge in [0.05, 0.1) is 0 Å². The summed E-state index contributed by atoms with van der Waals surface area (Å²) in [7, 11) is 0. The smallest absolute Gasteiger partial charge is 0.313 e. The van der Waals surface area contributed by atoms with Crippen LogP contribution in [0.5, 0.6) is 0 Å². The number of carbonyl (C=O) groups excluding carboxylic acids is 2. The van der Waals surface area contributed by atoms with Crippen molar-refractivity contribution in [2.24, 2.45) is 0 Å². The van der Waals surface area contributed by atoms with E-state index in [1.807, 2.05) is 0 Å². The predicted octanol–water partition coefficient (Wildman–Crippen LogP) is 2.91. The van der Waals surface area contributed by atoms with E-state index >= 15 is 0 Å². The maximum absolute atomic E-state index is 11.8. The molecule has 0 radical (unpaired) electrons. The van der Waals surface area contributed by atoms with E-state index in [0.717, 1.165) is 38.9 Å². The number of rotatable bonds is 9. The third-order valence-electron chi connectivity index (χ3n) is 3.32. The molecule has 2 amide bonds. The third kappa shape index (κ3) is 8.00. The van der Waals surface area contributed by atoms with Crippen LogP contribution in [0.25, 0.3) is 0 Å². The predicted molar refractivity (Wildman–Crippen MR) is 94.7 cm³/mol. The lowest BCUT2D eigenvalue weighted by molar-refractivity contribution is -0.136. The van der Waals surface area contributed by atoms with Crippen LogP contribution in [0.15, 0.2) is 24.3 Å². The maximum Gasteiger partial charge on any atom is 0.313 e. The topological polar surface area (TPSA) is 61.4 Å². The summed E-state index contributed by atoms with van der Waals surface area (Å²) in [4.78, 5) is 25.9.